The molecule has 1 heterocycles. The molecule has 0 saturated carbocycles. The summed E-state index contributed by atoms with van der Waals surface area (Å²) in [6, 6.07) is 17.1. The van der Waals surface area contributed by atoms with Crippen LogP contribution >= 0.6 is 0 Å². The van der Waals surface area contributed by atoms with Gasteiger partial charge in [-0.2, -0.15) is 0 Å². The van der Waals surface area contributed by atoms with Crippen LogP contribution in [0, 0.1) is 0 Å². The molecule has 2 aliphatic carbocycles. The van der Waals surface area contributed by atoms with E-state index in [0.717, 1.165) is 11.1 Å². The molecule has 0 aliphatic heterocycles. The standard InChI is InChI=1S/C28H20N4O5/c33-25-19(11-9-17-5-1-3-7-21(17)25)15-29-31-27(35)23-13-14-24(37-23)28(36)32-30-16-20-12-10-18-6-2-4-8-22(18)26(20)34/h1-16,29-30H,(H,31,35)(H,32,36). The normalized spacial score (nSPS) is 15.8. The van der Waals surface area contributed by atoms with E-state index in [0.29, 0.717) is 22.3 Å². The number of hydrogen-bond donors (Lipinski definition) is 4. The summed E-state index contributed by atoms with van der Waals surface area (Å²) in [6.45, 7) is 0. The molecule has 9 nitrogen and oxygen atoms in total. The van der Waals surface area contributed by atoms with Crippen LogP contribution in [0.2, 0.25) is 0 Å². The monoisotopic (exact) mass is 492 g/mol. The number of furan rings is 1. The number of carbonyl (C=O) groups is 4. The van der Waals surface area contributed by atoms with Crippen molar-refractivity contribution >= 4 is 35.5 Å². The summed E-state index contributed by atoms with van der Waals surface area (Å²) in [5.41, 5.74) is 13.5. The quantitative estimate of drug-likeness (QED) is 0.307. The zero-order valence-electron chi connectivity index (χ0n) is 19.3. The molecular weight excluding hydrogens is 472 g/mol. The Morgan fingerprint density at radius 3 is 1.49 bits per heavy atom. The van der Waals surface area contributed by atoms with Crippen molar-refractivity contribution in [3.8, 4) is 0 Å². The number of benzene rings is 2. The average Bonchev–Trinajstić information content (AvgIpc) is 3.42. The second-order valence-corrected chi connectivity index (χ2v) is 8.06. The van der Waals surface area contributed by atoms with Crippen LogP contribution in [0.4, 0.5) is 0 Å². The van der Waals surface area contributed by atoms with Crippen molar-refractivity contribution in [2.75, 3.05) is 0 Å². The number of nitrogens with one attached hydrogen (secondary N) is 4. The van der Waals surface area contributed by atoms with Crippen molar-refractivity contribution in [1.29, 1.82) is 0 Å². The van der Waals surface area contributed by atoms with Crippen molar-refractivity contribution < 1.29 is 23.6 Å². The number of fused-ring (bicyclic) bond motifs is 2. The van der Waals surface area contributed by atoms with Crippen LogP contribution in [-0.4, -0.2) is 23.4 Å². The Balaban J connectivity index is 1.14. The maximum atomic E-state index is 12.5. The molecule has 5 rings (SSSR count). The van der Waals surface area contributed by atoms with Crippen LogP contribution in [0.25, 0.3) is 12.2 Å². The van der Waals surface area contributed by atoms with Gasteiger partial charge in [0.25, 0.3) is 0 Å². The molecule has 1 aromatic heterocycles. The second kappa shape index (κ2) is 10.0. The molecule has 0 bridgehead atoms. The van der Waals surface area contributed by atoms with E-state index >= 15 is 0 Å². The van der Waals surface area contributed by atoms with E-state index in [1.54, 1.807) is 36.4 Å². The first kappa shape index (κ1) is 23.3. The van der Waals surface area contributed by atoms with Gasteiger partial charge in [0.15, 0.2) is 23.1 Å². The van der Waals surface area contributed by atoms with Gasteiger partial charge in [0.2, 0.25) is 0 Å². The highest BCUT2D eigenvalue weighted by Gasteiger charge is 2.19. The Kier molecular flexibility index (Phi) is 6.33. The van der Waals surface area contributed by atoms with Crippen LogP contribution in [0.5, 0.6) is 0 Å². The topological polar surface area (TPSA) is 130 Å². The zero-order chi connectivity index (χ0) is 25.8. The zero-order valence-corrected chi connectivity index (χ0v) is 19.3. The predicted molar refractivity (Wildman–Crippen MR) is 136 cm³/mol. The Hall–Kier alpha value is -5.44. The Morgan fingerprint density at radius 1 is 0.595 bits per heavy atom. The van der Waals surface area contributed by atoms with E-state index in [1.165, 1.54) is 24.5 Å². The molecule has 0 spiro atoms. The van der Waals surface area contributed by atoms with Crippen molar-refractivity contribution in [3.63, 3.8) is 0 Å². The summed E-state index contributed by atoms with van der Waals surface area (Å²) in [4.78, 5) is 49.8. The van der Waals surface area contributed by atoms with E-state index in [9.17, 15) is 19.2 Å². The number of allylic oxidation sites excluding steroid dienone is 4. The fourth-order valence-electron chi connectivity index (χ4n) is 3.81. The van der Waals surface area contributed by atoms with Gasteiger partial charge in [-0.25, -0.2) is 0 Å². The van der Waals surface area contributed by atoms with Gasteiger partial charge in [0.05, 0.1) is 0 Å². The molecule has 0 unspecified atom stereocenters. The molecule has 0 radical (unpaired) electrons. The number of ketones is 2. The SMILES string of the molecule is O=C(NNC=C1C=Cc2ccccc2C1=O)c1ccc(C(=O)NNC=C2C=Cc3ccccc3C2=O)o1. The van der Waals surface area contributed by atoms with Crippen LogP contribution in [0.15, 0.2) is 101 Å². The van der Waals surface area contributed by atoms with Crippen LogP contribution in [0.1, 0.15) is 53.0 Å². The summed E-state index contributed by atoms with van der Waals surface area (Å²) >= 11 is 0. The Labute approximate surface area is 211 Å². The lowest BCUT2D eigenvalue weighted by Crippen LogP contribution is -2.34. The maximum Gasteiger partial charge on any atom is 0.305 e. The van der Waals surface area contributed by atoms with Gasteiger partial charge < -0.3 is 15.3 Å². The number of Topliss-reactive ketones (excluding diaryl/α,β-unsaturated/α-hetero) is 2. The highest BCUT2D eigenvalue weighted by Crippen LogP contribution is 2.22. The van der Waals surface area contributed by atoms with Crippen LogP contribution in [0.3, 0.4) is 0 Å². The van der Waals surface area contributed by atoms with Crippen molar-refractivity contribution in [1.82, 2.24) is 21.7 Å². The molecule has 0 atom stereocenters. The third kappa shape index (κ3) is 4.87. The predicted octanol–water partition coefficient (Wildman–Crippen LogP) is 3.34. The largest absolute Gasteiger partial charge is 0.446 e. The van der Waals surface area contributed by atoms with Crippen LogP contribution < -0.4 is 21.7 Å². The molecule has 3 aromatic rings. The highest BCUT2D eigenvalue weighted by atomic mass is 16.4. The summed E-state index contributed by atoms with van der Waals surface area (Å²) in [6.07, 6.45) is 9.67. The fraction of sp³-hybridized carbons (Fsp3) is 0. The Morgan fingerprint density at radius 2 is 1.03 bits per heavy atom. The molecule has 182 valence electrons. The minimum atomic E-state index is -0.643. The first-order valence-electron chi connectivity index (χ1n) is 11.3. The Bertz CT molecular complexity index is 1440. The minimum absolute atomic E-state index is 0.118. The number of hydrazine groups is 2. The number of amides is 2. The molecule has 2 aliphatic rings. The van der Waals surface area contributed by atoms with Crippen molar-refractivity contribution in [2.24, 2.45) is 0 Å². The summed E-state index contributed by atoms with van der Waals surface area (Å²) in [5, 5.41) is 0. The summed E-state index contributed by atoms with van der Waals surface area (Å²) < 4.78 is 5.32. The van der Waals surface area contributed by atoms with Crippen LogP contribution in [-0.2, 0) is 0 Å². The van der Waals surface area contributed by atoms with Crippen molar-refractivity contribution in [3.05, 3.63) is 130 Å². The van der Waals surface area contributed by atoms with E-state index in [2.05, 4.69) is 21.7 Å². The molecule has 4 N–H and O–H groups in total. The lowest BCUT2D eigenvalue weighted by Gasteiger charge is -2.12. The van der Waals surface area contributed by atoms with E-state index < -0.39 is 11.8 Å². The van der Waals surface area contributed by atoms with E-state index in [4.69, 9.17) is 4.42 Å². The lowest BCUT2D eigenvalue weighted by atomic mass is 9.93. The molecule has 0 fully saturated rings. The van der Waals surface area contributed by atoms with E-state index in [1.807, 2.05) is 36.4 Å². The lowest BCUT2D eigenvalue weighted by molar-refractivity contribution is 0.0884. The van der Waals surface area contributed by atoms with E-state index in [-0.39, 0.29) is 23.1 Å². The third-order valence-corrected chi connectivity index (χ3v) is 5.70. The van der Waals surface area contributed by atoms with Crippen molar-refractivity contribution in [2.45, 2.75) is 0 Å². The molecule has 2 amide bonds. The van der Waals surface area contributed by atoms with Gasteiger partial charge >= 0.3 is 11.8 Å². The number of hydrogen-bond acceptors (Lipinski definition) is 7. The van der Waals surface area contributed by atoms with Gasteiger partial charge in [0.1, 0.15) is 0 Å². The van der Waals surface area contributed by atoms with Gasteiger partial charge in [0, 0.05) is 34.7 Å². The van der Waals surface area contributed by atoms with Gasteiger partial charge in [-0.3, -0.25) is 30.0 Å². The molecule has 9 heteroatoms. The second-order valence-electron chi connectivity index (χ2n) is 8.06. The molecule has 0 saturated heterocycles. The van der Waals surface area contributed by atoms with Gasteiger partial charge in [-0.05, 0) is 35.4 Å². The molecule has 2 aromatic carbocycles. The molecule has 37 heavy (non-hydrogen) atoms. The molecular formula is C28H20N4O5. The first-order valence-corrected chi connectivity index (χ1v) is 11.3. The average molecular weight is 492 g/mol. The van der Waals surface area contributed by atoms with Gasteiger partial charge in [-0.15, -0.1) is 0 Å². The third-order valence-electron chi connectivity index (χ3n) is 5.70. The maximum absolute atomic E-state index is 12.5. The first-order chi connectivity index (χ1) is 18.0. The number of rotatable bonds is 6. The summed E-state index contributed by atoms with van der Waals surface area (Å²) in [7, 11) is 0. The fourth-order valence-corrected chi connectivity index (χ4v) is 3.81. The number of carbonyl (C=O) groups excluding carboxylic acids is 4. The minimum Gasteiger partial charge on any atom is -0.446 e. The van der Waals surface area contributed by atoms with Gasteiger partial charge in [-0.1, -0.05) is 60.7 Å². The highest BCUT2D eigenvalue weighted by molar-refractivity contribution is 6.15. The smallest absolute Gasteiger partial charge is 0.305 e. The summed E-state index contributed by atoms with van der Waals surface area (Å²) in [5.74, 6) is -1.87.